The highest BCUT2D eigenvalue weighted by molar-refractivity contribution is 5.85. The Morgan fingerprint density at radius 1 is 1.02 bits per heavy atom. The van der Waals surface area contributed by atoms with Gasteiger partial charge in [0, 0.05) is 48.6 Å². The van der Waals surface area contributed by atoms with E-state index in [1.165, 1.54) is 25.1 Å². The van der Waals surface area contributed by atoms with Crippen molar-refractivity contribution in [2.24, 2.45) is 0 Å². The van der Waals surface area contributed by atoms with E-state index in [-0.39, 0.29) is 54.7 Å². The van der Waals surface area contributed by atoms with Gasteiger partial charge in [-0.05, 0) is 98.3 Å². The van der Waals surface area contributed by atoms with Crippen LogP contribution in [0.5, 0.6) is 11.5 Å². The molecule has 3 aromatic carbocycles. The van der Waals surface area contributed by atoms with Gasteiger partial charge in [-0.15, -0.1) is 0 Å². The maximum atomic E-state index is 16.1. The molecule has 2 aliphatic heterocycles. The molecule has 2 N–H and O–H groups in total. The van der Waals surface area contributed by atoms with Gasteiger partial charge in [0.2, 0.25) is 5.91 Å². The van der Waals surface area contributed by atoms with E-state index in [9.17, 15) is 42.3 Å². The van der Waals surface area contributed by atoms with E-state index in [4.69, 9.17) is 4.74 Å². The van der Waals surface area contributed by atoms with Crippen LogP contribution in [0.25, 0.3) is 11.1 Å². The number of halogens is 6. The first kappa shape index (κ1) is 39.1. The third kappa shape index (κ3) is 7.82. The van der Waals surface area contributed by atoms with Crippen LogP contribution in [-0.4, -0.2) is 52.3 Å². The van der Waals surface area contributed by atoms with Crippen LogP contribution in [0.2, 0.25) is 0 Å². The van der Waals surface area contributed by atoms with Gasteiger partial charge in [-0.1, -0.05) is 6.07 Å². The minimum Gasteiger partial charge on any atom is -0.481 e. The largest absolute Gasteiger partial charge is 0.481 e. The summed E-state index contributed by atoms with van der Waals surface area (Å²) in [7, 11) is 0. The molecule has 2 atom stereocenters. The molecular formula is C40H36F6N4O5. The molecule has 0 aliphatic carbocycles. The number of pyridine rings is 1. The summed E-state index contributed by atoms with van der Waals surface area (Å²) in [6.45, 7) is 6.51. The Balaban J connectivity index is 1.62. The molecule has 1 aromatic heterocycles. The molecule has 6 rings (SSSR count). The van der Waals surface area contributed by atoms with Crippen molar-refractivity contribution in [3.8, 4) is 28.7 Å². The van der Waals surface area contributed by atoms with Crippen molar-refractivity contribution in [1.29, 1.82) is 5.26 Å². The van der Waals surface area contributed by atoms with Crippen LogP contribution in [0, 0.1) is 36.8 Å². The minimum atomic E-state index is -5.01. The molecule has 0 spiro atoms. The Kier molecular flexibility index (Phi) is 10.3. The minimum absolute atomic E-state index is 0.00434. The number of nitriles is 1. The van der Waals surface area contributed by atoms with Crippen LogP contribution in [0.3, 0.4) is 0 Å². The number of benzene rings is 3. The maximum Gasteiger partial charge on any atom is 0.416 e. The van der Waals surface area contributed by atoms with Crippen molar-refractivity contribution < 1.29 is 45.8 Å². The highest BCUT2D eigenvalue weighted by Crippen LogP contribution is 2.43. The third-order valence-corrected chi connectivity index (χ3v) is 10.0. The molecule has 9 nitrogen and oxygen atoms in total. The van der Waals surface area contributed by atoms with Crippen molar-refractivity contribution in [1.82, 2.24) is 14.8 Å². The first-order valence-corrected chi connectivity index (χ1v) is 17.3. The lowest BCUT2D eigenvalue weighted by molar-refractivity contribution is -0.139. The van der Waals surface area contributed by atoms with E-state index >= 15 is 8.78 Å². The topological polar surface area (TPSA) is 125 Å². The Morgan fingerprint density at radius 3 is 2.36 bits per heavy atom. The smallest absolute Gasteiger partial charge is 0.416 e. The van der Waals surface area contributed by atoms with Gasteiger partial charge in [0.05, 0.1) is 29.5 Å². The molecule has 15 heteroatoms. The predicted molar refractivity (Wildman–Crippen MR) is 188 cm³/mol. The summed E-state index contributed by atoms with van der Waals surface area (Å²) in [4.78, 5) is 41.8. The number of aliphatic carboxylic acids is 1. The molecule has 0 saturated carbocycles. The highest BCUT2D eigenvalue weighted by Gasteiger charge is 2.38. The van der Waals surface area contributed by atoms with Gasteiger partial charge in [0.15, 0.2) is 0 Å². The molecular weight excluding hydrogens is 730 g/mol. The van der Waals surface area contributed by atoms with Gasteiger partial charge in [0.25, 0.3) is 5.56 Å². The first-order valence-electron chi connectivity index (χ1n) is 17.3. The maximum absolute atomic E-state index is 16.1. The quantitative estimate of drug-likeness (QED) is 0.187. The van der Waals surface area contributed by atoms with Gasteiger partial charge in [-0.3, -0.25) is 23.9 Å². The molecule has 1 saturated heterocycles. The van der Waals surface area contributed by atoms with Crippen LogP contribution in [0.15, 0.2) is 59.5 Å². The highest BCUT2D eigenvalue weighted by atomic mass is 19.4. The number of nitrogens with zero attached hydrogens (tertiary/aromatic N) is 3. The average molecular weight is 767 g/mol. The Labute approximate surface area is 311 Å². The Bertz CT molecular complexity index is 2310. The average Bonchev–Trinajstić information content (AvgIpc) is 3.08. The zero-order valence-corrected chi connectivity index (χ0v) is 30.2. The van der Waals surface area contributed by atoms with E-state index in [1.807, 2.05) is 0 Å². The van der Waals surface area contributed by atoms with Crippen molar-refractivity contribution in [3.05, 3.63) is 116 Å². The number of alkyl halides is 4. The monoisotopic (exact) mass is 766 g/mol. The number of ether oxygens (including phenoxy) is 1. The second-order valence-corrected chi connectivity index (χ2v) is 14.5. The zero-order chi connectivity index (χ0) is 40.1. The number of hydrogen-bond donors (Lipinski definition) is 2. The van der Waals surface area contributed by atoms with Crippen molar-refractivity contribution in [2.75, 3.05) is 19.6 Å². The molecule has 3 heterocycles. The van der Waals surface area contributed by atoms with Crippen LogP contribution in [0.4, 0.5) is 26.3 Å². The van der Waals surface area contributed by atoms with Gasteiger partial charge in [-0.25, -0.2) is 13.2 Å². The summed E-state index contributed by atoms with van der Waals surface area (Å²) in [6.07, 6.45) is -6.55. The fourth-order valence-electron chi connectivity index (χ4n) is 7.05. The molecule has 0 unspecified atom stereocenters. The van der Waals surface area contributed by atoms with Crippen LogP contribution in [0.1, 0.15) is 71.3 Å². The van der Waals surface area contributed by atoms with Crippen molar-refractivity contribution in [2.45, 2.75) is 70.4 Å². The number of carbonyl (C=O) groups excluding carboxylic acids is 1. The van der Waals surface area contributed by atoms with Gasteiger partial charge in [0.1, 0.15) is 35.3 Å². The lowest BCUT2D eigenvalue weighted by Crippen LogP contribution is -2.49. The number of aryl methyl sites for hydroxylation is 2. The molecule has 4 bridgehead atoms. The number of likely N-dealkylation sites (tertiary alicyclic amines) is 1. The van der Waals surface area contributed by atoms with E-state index in [2.05, 4.69) is 11.4 Å². The summed E-state index contributed by atoms with van der Waals surface area (Å²) in [5.74, 6) is -4.56. The molecule has 4 aromatic rings. The summed E-state index contributed by atoms with van der Waals surface area (Å²) >= 11 is 0. The molecule has 2 aliphatic rings. The second-order valence-electron chi connectivity index (χ2n) is 14.5. The molecule has 55 heavy (non-hydrogen) atoms. The summed E-state index contributed by atoms with van der Waals surface area (Å²) in [5.41, 5.74) is -2.98. The number of hydrogen-bond acceptors (Lipinski definition) is 6. The number of rotatable bonds is 7. The number of carboxylic acid groups (broad SMARTS) is 1. The number of carboxylic acids is 1. The van der Waals surface area contributed by atoms with Crippen LogP contribution < -0.4 is 15.6 Å². The van der Waals surface area contributed by atoms with Gasteiger partial charge in [-0.2, -0.15) is 18.4 Å². The molecule has 1 amide bonds. The molecule has 1 fully saturated rings. The lowest BCUT2D eigenvalue weighted by Gasteiger charge is -2.34. The fourth-order valence-corrected chi connectivity index (χ4v) is 7.05. The van der Waals surface area contributed by atoms with Crippen LogP contribution in [-0.2, 0) is 27.6 Å². The standard InChI is InChI=1S/C40H36F6N4O5/c1-20-10-24(39(3,4)19-47)12-32-35(20)23-9-21(2)36(43)28(11-23)31(15-34(52)53)48-38(54)37(27-13-26(55-32)5-6-30(27)42)50-16-22(7-8-49-17-25(41)18-49)29(14-33(50)51)40(44,45)46/h5-6,9-14,16,25,31,37H,7-8,15,17-18H2,1-4H3,(H,48,54)(H,52,53)/t31-,37-/m0/s1. The lowest BCUT2D eigenvalue weighted by atomic mass is 9.83. The third-order valence-electron chi connectivity index (χ3n) is 10.0. The number of nitrogens with one attached hydrogen (secondary N) is 1. The summed E-state index contributed by atoms with van der Waals surface area (Å²) in [5, 5.41) is 22.3. The van der Waals surface area contributed by atoms with E-state index in [1.54, 1.807) is 37.8 Å². The summed E-state index contributed by atoms with van der Waals surface area (Å²) < 4.78 is 95.4. The summed E-state index contributed by atoms with van der Waals surface area (Å²) in [6, 6.07) is 8.25. The normalized spacial score (nSPS) is 17.7. The Hall–Kier alpha value is -5.62. The first-order chi connectivity index (χ1) is 25.8. The zero-order valence-electron chi connectivity index (χ0n) is 30.2. The number of amides is 1. The van der Waals surface area contributed by atoms with Gasteiger partial charge >= 0.3 is 12.1 Å². The Morgan fingerprint density at radius 2 is 1.73 bits per heavy atom. The van der Waals surface area contributed by atoms with Crippen molar-refractivity contribution >= 4 is 11.9 Å². The van der Waals surface area contributed by atoms with Crippen LogP contribution >= 0.6 is 0 Å². The van der Waals surface area contributed by atoms with Crippen molar-refractivity contribution in [3.63, 3.8) is 0 Å². The molecule has 0 radical (unpaired) electrons. The SMILES string of the molecule is Cc1cc2cc(c1F)[C@H](CC(=O)O)NC(=O)[C@@H](n1cc(CCN3CC(F)C3)c(C(F)(F)F)cc1=O)c1cc(ccc1F)Oc1cc(C(C)(C)C#N)cc(C)c1-2. The number of fused-ring (bicyclic) bond motifs is 6. The van der Waals surface area contributed by atoms with E-state index < -0.39 is 82.0 Å². The second kappa shape index (κ2) is 14.6. The predicted octanol–water partition coefficient (Wildman–Crippen LogP) is 7.45. The fraction of sp³-hybridized carbons (Fsp3) is 0.350. The van der Waals surface area contributed by atoms with E-state index in [0.29, 0.717) is 26.8 Å². The molecule has 288 valence electrons. The van der Waals surface area contributed by atoms with Gasteiger partial charge < -0.3 is 15.2 Å². The number of aromatic nitrogens is 1. The van der Waals surface area contributed by atoms with E-state index in [0.717, 1.165) is 18.3 Å². The number of carbonyl (C=O) groups is 2.